The number of halogens is 2. The van der Waals surface area contributed by atoms with Crippen molar-refractivity contribution in [3.8, 4) is 17.2 Å². The lowest BCUT2D eigenvalue weighted by atomic mass is 9.87. The summed E-state index contributed by atoms with van der Waals surface area (Å²) >= 11 is 0. The van der Waals surface area contributed by atoms with Crippen LogP contribution in [0.5, 0.6) is 0 Å². The Balaban J connectivity index is 1.14. The quantitative estimate of drug-likeness (QED) is 0.557. The standard InChI is InChI=1S/C27H25F2N5O2/c28-22-8-20(18-1-2-19-7-17(10-30)11-31-23(19)9-18)12-32-24(22)13-33-6-5-27(25(29)14-33)16-34(21-3-4-21)26(35)15-36-27/h1-2,7-9,11-12,21,25H,3-6,13-16H2/t25-,27+/m1/s1. The number of pyridine rings is 2. The molecule has 4 heterocycles. The van der Waals surface area contributed by atoms with Gasteiger partial charge in [-0.2, -0.15) is 5.26 Å². The normalized spacial score (nSPS) is 24.9. The first kappa shape index (κ1) is 23.0. The summed E-state index contributed by atoms with van der Waals surface area (Å²) in [6, 6.07) is 11.0. The van der Waals surface area contributed by atoms with Crippen molar-refractivity contribution in [3.63, 3.8) is 0 Å². The topological polar surface area (TPSA) is 82.4 Å². The Labute approximate surface area is 207 Å². The number of rotatable bonds is 4. The Kier molecular flexibility index (Phi) is 5.66. The van der Waals surface area contributed by atoms with Crippen molar-refractivity contribution < 1.29 is 18.3 Å². The molecule has 2 atom stereocenters. The number of hydrogen-bond donors (Lipinski definition) is 0. The predicted octanol–water partition coefficient (Wildman–Crippen LogP) is 3.61. The van der Waals surface area contributed by atoms with Gasteiger partial charge in [0.25, 0.3) is 0 Å². The van der Waals surface area contributed by atoms with E-state index in [1.807, 2.05) is 23.1 Å². The first-order chi connectivity index (χ1) is 17.4. The van der Waals surface area contributed by atoms with Crippen LogP contribution in [0.1, 0.15) is 30.5 Å². The van der Waals surface area contributed by atoms with Crippen LogP contribution in [0, 0.1) is 17.1 Å². The number of amides is 1. The number of likely N-dealkylation sites (tertiary alicyclic amines) is 1. The van der Waals surface area contributed by atoms with E-state index in [1.54, 1.807) is 17.2 Å². The minimum Gasteiger partial charge on any atom is -0.360 e. The SMILES string of the molecule is N#Cc1cnc2cc(-c3cnc(CN4CC[C@]5(CN(C6CC6)C(=O)CO5)[C@H](F)C4)c(F)c3)ccc2c1. The Hall–Kier alpha value is -3.48. The minimum absolute atomic E-state index is 0.0572. The molecule has 2 aliphatic heterocycles. The fourth-order valence-electron chi connectivity index (χ4n) is 5.22. The minimum atomic E-state index is -1.27. The van der Waals surface area contributed by atoms with Gasteiger partial charge in [-0.1, -0.05) is 12.1 Å². The van der Waals surface area contributed by atoms with Crippen LogP contribution in [-0.2, 0) is 16.1 Å². The van der Waals surface area contributed by atoms with Crippen LogP contribution in [-0.4, -0.2) is 69.7 Å². The molecule has 1 aromatic carbocycles. The van der Waals surface area contributed by atoms with Crippen molar-refractivity contribution in [2.45, 2.75) is 43.6 Å². The third-order valence-corrected chi connectivity index (χ3v) is 7.51. The van der Waals surface area contributed by atoms with Crippen LogP contribution >= 0.6 is 0 Å². The van der Waals surface area contributed by atoms with Gasteiger partial charge in [0.15, 0.2) is 0 Å². The zero-order valence-corrected chi connectivity index (χ0v) is 19.7. The molecule has 3 aromatic rings. The van der Waals surface area contributed by atoms with E-state index in [4.69, 9.17) is 10.00 Å². The highest BCUT2D eigenvalue weighted by Gasteiger charge is 2.51. The van der Waals surface area contributed by atoms with Crippen molar-refractivity contribution >= 4 is 16.8 Å². The van der Waals surface area contributed by atoms with Gasteiger partial charge in [-0.25, -0.2) is 8.78 Å². The fourth-order valence-corrected chi connectivity index (χ4v) is 5.22. The number of carbonyl (C=O) groups excluding carboxylic acids is 1. The van der Waals surface area contributed by atoms with Crippen molar-refractivity contribution in [2.75, 3.05) is 26.2 Å². The van der Waals surface area contributed by atoms with E-state index < -0.39 is 17.6 Å². The lowest BCUT2D eigenvalue weighted by Crippen LogP contribution is -2.64. The van der Waals surface area contributed by atoms with Crippen molar-refractivity contribution in [1.82, 2.24) is 19.8 Å². The molecule has 36 heavy (non-hydrogen) atoms. The van der Waals surface area contributed by atoms with E-state index in [1.165, 1.54) is 12.3 Å². The third kappa shape index (κ3) is 4.21. The number of benzene rings is 1. The highest BCUT2D eigenvalue weighted by atomic mass is 19.1. The number of piperidine rings is 1. The molecule has 2 aromatic heterocycles. The molecular formula is C27H25F2N5O2. The Morgan fingerprint density at radius 3 is 2.78 bits per heavy atom. The molecule has 1 aliphatic carbocycles. The summed E-state index contributed by atoms with van der Waals surface area (Å²) in [5.74, 6) is -0.506. The number of carbonyl (C=O) groups is 1. The average Bonchev–Trinajstić information content (AvgIpc) is 3.73. The van der Waals surface area contributed by atoms with Crippen LogP contribution in [0.4, 0.5) is 8.78 Å². The maximum absolute atomic E-state index is 15.4. The number of nitriles is 1. The molecule has 3 fully saturated rings. The summed E-state index contributed by atoms with van der Waals surface area (Å²) in [5, 5.41) is 9.87. The van der Waals surface area contributed by atoms with Crippen LogP contribution in [0.25, 0.3) is 22.0 Å². The van der Waals surface area contributed by atoms with E-state index in [9.17, 15) is 4.79 Å². The van der Waals surface area contributed by atoms with Crippen molar-refractivity contribution in [1.29, 1.82) is 5.26 Å². The molecule has 0 radical (unpaired) electrons. The first-order valence-corrected chi connectivity index (χ1v) is 12.2. The zero-order chi connectivity index (χ0) is 24.9. The van der Waals surface area contributed by atoms with Gasteiger partial charge in [0.2, 0.25) is 5.91 Å². The second-order valence-electron chi connectivity index (χ2n) is 9.95. The molecule has 1 amide bonds. The van der Waals surface area contributed by atoms with Crippen LogP contribution < -0.4 is 0 Å². The zero-order valence-electron chi connectivity index (χ0n) is 19.7. The molecule has 184 valence electrons. The van der Waals surface area contributed by atoms with Gasteiger partial charge >= 0.3 is 0 Å². The molecule has 6 rings (SSSR count). The maximum atomic E-state index is 15.4. The van der Waals surface area contributed by atoms with Gasteiger partial charge < -0.3 is 9.64 Å². The van der Waals surface area contributed by atoms with Crippen molar-refractivity contribution in [2.24, 2.45) is 0 Å². The predicted molar refractivity (Wildman–Crippen MR) is 128 cm³/mol. The second-order valence-corrected chi connectivity index (χ2v) is 9.95. The lowest BCUT2D eigenvalue weighted by Gasteiger charge is -2.48. The highest BCUT2D eigenvalue weighted by Crippen LogP contribution is 2.38. The molecule has 7 nitrogen and oxygen atoms in total. The lowest BCUT2D eigenvalue weighted by molar-refractivity contribution is -0.189. The smallest absolute Gasteiger partial charge is 0.248 e. The number of hydrogen-bond acceptors (Lipinski definition) is 6. The summed E-state index contributed by atoms with van der Waals surface area (Å²) in [6.07, 6.45) is 4.25. The van der Waals surface area contributed by atoms with E-state index in [0.717, 1.165) is 23.8 Å². The van der Waals surface area contributed by atoms with Crippen LogP contribution in [0.2, 0.25) is 0 Å². The summed E-state index contributed by atoms with van der Waals surface area (Å²) in [7, 11) is 0. The highest BCUT2D eigenvalue weighted by molar-refractivity contribution is 5.85. The van der Waals surface area contributed by atoms with Crippen LogP contribution in [0.3, 0.4) is 0 Å². The maximum Gasteiger partial charge on any atom is 0.248 e. The molecule has 9 heteroatoms. The van der Waals surface area contributed by atoms with Gasteiger partial charge in [0.1, 0.15) is 30.3 Å². The van der Waals surface area contributed by atoms with Gasteiger partial charge in [-0.05, 0) is 43.0 Å². The summed E-state index contributed by atoms with van der Waals surface area (Å²) < 4.78 is 36.2. The molecule has 2 saturated heterocycles. The monoisotopic (exact) mass is 489 g/mol. The average molecular weight is 490 g/mol. The first-order valence-electron chi connectivity index (χ1n) is 12.2. The number of aromatic nitrogens is 2. The van der Waals surface area contributed by atoms with Crippen LogP contribution in [0.15, 0.2) is 42.7 Å². The van der Waals surface area contributed by atoms with Gasteiger partial charge in [-0.3, -0.25) is 19.7 Å². The van der Waals surface area contributed by atoms with Gasteiger partial charge in [0.05, 0.1) is 23.3 Å². The fraction of sp³-hybridized carbons (Fsp3) is 0.407. The molecule has 0 unspecified atom stereocenters. The number of alkyl halides is 1. The molecule has 3 aliphatic rings. The summed E-state index contributed by atoms with van der Waals surface area (Å²) in [6.45, 7) is 1.07. The third-order valence-electron chi connectivity index (χ3n) is 7.51. The molecule has 1 spiro atoms. The van der Waals surface area contributed by atoms with E-state index in [-0.39, 0.29) is 37.3 Å². The second kappa shape index (κ2) is 8.87. The van der Waals surface area contributed by atoms with Gasteiger partial charge in [-0.15, -0.1) is 0 Å². The Morgan fingerprint density at radius 1 is 1.17 bits per heavy atom. The van der Waals surface area contributed by atoms with E-state index in [0.29, 0.717) is 36.2 Å². The largest absolute Gasteiger partial charge is 0.360 e. The van der Waals surface area contributed by atoms with Gasteiger partial charge in [0, 0.05) is 49.0 Å². The Bertz CT molecular complexity index is 1390. The van der Waals surface area contributed by atoms with Crippen molar-refractivity contribution in [3.05, 3.63) is 59.8 Å². The molecule has 1 saturated carbocycles. The molecule has 0 N–H and O–H groups in total. The molecule has 0 bridgehead atoms. The summed E-state index contributed by atoms with van der Waals surface area (Å²) in [4.78, 5) is 24.5. The number of fused-ring (bicyclic) bond motifs is 1. The summed E-state index contributed by atoms with van der Waals surface area (Å²) in [5.41, 5.74) is 1.87. The van der Waals surface area contributed by atoms with E-state index in [2.05, 4.69) is 16.0 Å². The Morgan fingerprint density at radius 2 is 2.03 bits per heavy atom. The molecular weight excluding hydrogens is 464 g/mol. The number of nitrogens with zero attached hydrogens (tertiary/aromatic N) is 5. The number of ether oxygens (including phenoxy) is 1. The number of morpholine rings is 1. The van der Waals surface area contributed by atoms with E-state index >= 15 is 8.78 Å².